The minimum Gasteiger partial charge on any atom is -0.356 e. The lowest BCUT2D eigenvalue weighted by Gasteiger charge is -2.09. The standard InChI is InChI=1S/C20H18N4O2/c25-19(22-14-15-5-4-12-21-13-15)20(26)24-18-10-8-17(9-11-18)23-16-6-2-1-3-7-16/h1-13,23H,14H2,(H,22,25)(H,24,26). The van der Waals surface area contributed by atoms with Gasteiger partial charge in [0, 0.05) is 36.0 Å². The number of para-hydroxylation sites is 1. The van der Waals surface area contributed by atoms with E-state index in [1.165, 1.54) is 0 Å². The highest BCUT2D eigenvalue weighted by molar-refractivity contribution is 6.39. The zero-order valence-electron chi connectivity index (χ0n) is 14.0. The molecule has 0 unspecified atom stereocenters. The number of amides is 2. The summed E-state index contributed by atoms with van der Waals surface area (Å²) in [5.74, 6) is -1.40. The molecule has 0 saturated carbocycles. The van der Waals surface area contributed by atoms with Gasteiger partial charge >= 0.3 is 11.8 Å². The van der Waals surface area contributed by atoms with Crippen LogP contribution in [0.3, 0.4) is 0 Å². The molecule has 0 bridgehead atoms. The Balaban J connectivity index is 1.51. The van der Waals surface area contributed by atoms with Gasteiger partial charge in [-0.2, -0.15) is 0 Å². The highest BCUT2D eigenvalue weighted by atomic mass is 16.2. The van der Waals surface area contributed by atoms with Crippen molar-refractivity contribution in [2.45, 2.75) is 6.54 Å². The number of hydrogen-bond acceptors (Lipinski definition) is 4. The Bertz CT molecular complexity index is 865. The first kappa shape index (κ1) is 17.2. The van der Waals surface area contributed by atoms with Crippen molar-refractivity contribution in [2.24, 2.45) is 0 Å². The molecule has 26 heavy (non-hydrogen) atoms. The SMILES string of the molecule is O=C(NCc1cccnc1)C(=O)Nc1ccc(Nc2ccccc2)cc1. The number of aromatic nitrogens is 1. The predicted molar refractivity (Wildman–Crippen MR) is 101 cm³/mol. The Morgan fingerprint density at radius 1 is 0.769 bits per heavy atom. The van der Waals surface area contributed by atoms with Crippen LogP contribution in [0, 0.1) is 0 Å². The molecule has 1 aromatic heterocycles. The number of carbonyl (C=O) groups excluding carboxylic acids is 2. The van der Waals surface area contributed by atoms with Gasteiger partial charge in [0.1, 0.15) is 0 Å². The maximum absolute atomic E-state index is 12.0. The molecule has 2 amide bonds. The summed E-state index contributed by atoms with van der Waals surface area (Å²) in [6, 6.07) is 20.5. The van der Waals surface area contributed by atoms with Gasteiger partial charge in [0.15, 0.2) is 0 Å². The van der Waals surface area contributed by atoms with E-state index >= 15 is 0 Å². The number of rotatable bonds is 5. The quantitative estimate of drug-likeness (QED) is 0.620. The van der Waals surface area contributed by atoms with Crippen LogP contribution in [0.15, 0.2) is 79.1 Å². The fourth-order valence-electron chi connectivity index (χ4n) is 2.28. The molecule has 0 radical (unpaired) electrons. The first-order valence-corrected chi connectivity index (χ1v) is 8.11. The van der Waals surface area contributed by atoms with E-state index in [1.54, 1.807) is 30.6 Å². The van der Waals surface area contributed by atoms with Crippen molar-refractivity contribution in [3.8, 4) is 0 Å². The molecular weight excluding hydrogens is 328 g/mol. The van der Waals surface area contributed by atoms with E-state index in [9.17, 15) is 9.59 Å². The number of carbonyl (C=O) groups is 2. The third-order valence-electron chi connectivity index (χ3n) is 3.59. The first-order chi connectivity index (χ1) is 12.7. The van der Waals surface area contributed by atoms with Gasteiger partial charge in [-0.1, -0.05) is 24.3 Å². The molecule has 0 saturated heterocycles. The smallest absolute Gasteiger partial charge is 0.313 e. The largest absolute Gasteiger partial charge is 0.356 e. The van der Waals surface area contributed by atoms with Crippen molar-refractivity contribution in [1.29, 1.82) is 0 Å². The van der Waals surface area contributed by atoms with E-state index < -0.39 is 11.8 Å². The lowest BCUT2D eigenvalue weighted by atomic mass is 10.2. The summed E-state index contributed by atoms with van der Waals surface area (Å²) in [6.07, 6.45) is 3.28. The Morgan fingerprint density at radius 2 is 1.46 bits per heavy atom. The van der Waals surface area contributed by atoms with Crippen molar-refractivity contribution >= 4 is 28.9 Å². The van der Waals surface area contributed by atoms with Crippen LogP contribution in [0.5, 0.6) is 0 Å². The van der Waals surface area contributed by atoms with E-state index in [1.807, 2.05) is 48.5 Å². The molecule has 3 N–H and O–H groups in total. The summed E-state index contributed by atoms with van der Waals surface area (Å²) < 4.78 is 0. The Labute approximate surface area is 151 Å². The normalized spacial score (nSPS) is 10.0. The van der Waals surface area contributed by atoms with Crippen molar-refractivity contribution < 1.29 is 9.59 Å². The molecule has 6 heteroatoms. The molecule has 0 spiro atoms. The zero-order chi connectivity index (χ0) is 18.2. The van der Waals surface area contributed by atoms with Gasteiger partial charge < -0.3 is 16.0 Å². The summed E-state index contributed by atoms with van der Waals surface area (Å²) in [6.45, 7) is 0.250. The summed E-state index contributed by atoms with van der Waals surface area (Å²) in [5.41, 5.74) is 3.23. The van der Waals surface area contributed by atoms with Gasteiger partial charge in [-0.3, -0.25) is 14.6 Å². The van der Waals surface area contributed by atoms with Crippen molar-refractivity contribution in [3.05, 3.63) is 84.7 Å². The van der Waals surface area contributed by atoms with E-state index in [-0.39, 0.29) is 6.54 Å². The van der Waals surface area contributed by atoms with Gasteiger partial charge in [-0.15, -0.1) is 0 Å². The second kappa shape index (κ2) is 8.43. The highest BCUT2D eigenvalue weighted by Gasteiger charge is 2.13. The number of nitrogens with one attached hydrogen (secondary N) is 3. The number of benzene rings is 2. The third-order valence-corrected chi connectivity index (χ3v) is 3.59. The monoisotopic (exact) mass is 346 g/mol. The molecular formula is C20H18N4O2. The van der Waals surface area contributed by atoms with Crippen LogP contribution in [0.4, 0.5) is 17.1 Å². The van der Waals surface area contributed by atoms with Gasteiger partial charge in [0.05, 0.1) is 0 Å². The molecule has 0 aliphatic rings. The van der Waals surface area contributed by atoms with Gasteiger partial charge in [0.2, 0.25) is 0 Å². The maximum Gasteiger partial charge on any atom is 0.313 e. The number of anilines is 3. The molecule has 2 aromatic carbocycles. The second-order valence-corrected chi connectivity index (χ2v) is 5.57. The van der Waals surface area contributed by atoms with Crippen molar-refractivity contribution in [2.75, 3.05) is 10.6 Å². The summed E-state index contributed by atoms with van der Waals surface area (Å²) in [4.78, 5) is 27.8. The topological polar surface area (TPSA) is 83.1 Å². The van der Waals surface area contributed by atoms with Crippen LogP contribution < -0.4 is 16.0 Å². The summed E-state index contributed by atoms with van der Waals surface area (Å²) in [5, 5.41) is 8.38. The lowest BCUT2D eigenvalue weighted by molar-refractivity contribution is -0.136. The van der Waals surface area contributed by atoms with Crippen LogP contribution in [0.2, 0.25) is 0 Å². The fourth-order valence-corrected chi connectivity index (χ4v) is 2.28. The zero-order valence-corrected chi connectivity index (χ0v) is 14.0. The van der Waals surface area contributed by atoms with Crippen LogP contribution in [-0.4, -0.2) is 16.8 Å². The lowest BCUT2D eigenvalue weighted by Crippen LogP contribution is -2.34. The van der Waals surface area contributed by atoms with Gasteiger partial charge in [0.25, 0.3) is 0 Å². The maximum atomic E-state index is 12.0. The van der Waals surface area contributed by atoms with Crippen LogP contribution in [0.1, 0.15) is 5.56 Å². The Morgan fingerprint density at radius 3 is 2.15 bits per heavy atom. The van der Waals surface area contributed by atoms with E-state index in [4.69, 9.17) is 0 Å². The molecule has 130 valence electrons. The Kier molecular flexibility index (Phi) is 5.57. The molecule has 0 fully saturated rings. The van der Waals surface area contributed by atoms with Crippen molar-refractivity contribution in [3.63, 3.8) is 0 Å². The van der Waals surface area contributed by atoms with Gasteiger partial charge in [-0.05, 0) is 48.0 Å². The predicted octanol–water partition coefficient (Wildman–Crippen LogP) is 3.08. The minimum atomic E-state index is -0.711. The van der Waals surface area contributed by atoms with Crippen molar-refractivity contribution in [1.82, 2.24) is 10.3 Å². The molecule has 0 atom stereocenters. The van der Waals surface area contributed by atoms with E-state index in [2.05, 4.69) is 20.9 Å². The van der Waals surface area contributed by atoms with Crippen LogP contribution in [0.25, 0.3) is 0 Å². The third kappa shape index (κ3) is 4.91. The average molecular weight is 346 g/mol. The van der Waals surface area contributed by atoms with Gasteiger partial charge in [-0.25, -0.2) is 0 Å². The molecule has 0 aliphatic carbocycles. The Hall–Kier alpha value is -3.67. The van der Waals surface area contributed by atoms with E-state index in [0.29, 0.717) is 5.69 Å². The summed E-state index contributed by atoms with van der Waals surface area (Å²) in [7, 11) is 0. The molecule has 6 nitrogen and oxygen atoms in total. The second-order valence-electron chi connectivity index (χ2n) is 5.57. The molecule has 1 heterocycles. The first-order valence-electron chi connectivity index (χ1n) is 8.11. The fraction of sp³-hybridized carbons (Fsp3) is 0.0500. The number of pyridine rings is 1. The van der Waals surface area contributed by atoms with E-state index in [0.717, 1.165) is 16.9 Å². The number of nitrogens with zero attached hydrogens (tertiary/aromatic N) is 1. The number of hydrogen-bond donors (Lipinski definition) is 3. The minimum absolute atomic E-state index is 0.250. The van der Waals surface area contributed by atoms with Crippen LogP contribution in [-0.2, 0) is 16.1 Å². The molecule has 3 aromatic rings. The summed E-state index contributed by atoms with van der Waals surface area (Å²) >= 11 is 0. The molecule has 3 rings (SSSR count). The van der Waals surface area contributed by atoms with Crippen LogP contribution >= 0.6 is 0 Å². The molecule has 0 aliphatic heterocycles. The highest BCUT2D eigenvalue weighted by Crippen LogP contribution is 2.18. The average Bonchev–Trinajstić information content (AvgIpc) is 2.69.